The summed E-state index contributed by atoms with van der Waals surface area (Å²) in [4.78, 5) is 0. The van der Waals surface area contributed by atoms with Crippen molar-refractivity contribution in [1.29, 1.82) is 0 Å². The van der Waals surface area contributed by atoms with Gasteiger partial charge in [0.25, 0.3) is 0 Å². The summed E-state index contributed by atoms with van der Waals surface area (Å²) in [5.74, 6) is 2.57. The lowest BCUT2D eigenvalue weighted by molar-refractivity contribution is 0.204. The van der Waals surface area contributed by atoms with E-state index in [-0.39, 0.29) is 6.10 Å². The first kappa shape index (κ1) is 14.8. The van der Waals surface area contributed by atoms with Crippen LogP contribution in [0.5, 0.6) is 23.0 Å². The molecule has 0 heterocycles. The third-order valence-electron chi connectivity index (χ3n) is 3.73. The van der Waals surface area contributed by atoms with Gasteiger partial charge in [-0.05, 0) is 26.3 Å². The van der Waals surface area contributed by atoms with Gasteiger partial charge in [0.2, 0.25) is 5.75 Å². The zero-order valence-corrected chi connectivity index (χ0v) is 12.6. The quantitative estimate of drug-likeness (QED) is 0.866. The first-order valence-electron chi connectivity index (χ1n) is 6.85. The Morgan fingerprint density at radius 3 is 2.10 bits per heavy atom. The highest BCUT2D eigenvalue weighted by Gasteiger charge is 2.25. The van der Waals surface area contributed by atoms with Gasteiger partial charge < -0.3 is 24.3 Å². The van der Waals surface area contributed by atoms with Gasteiger partial charge in [0.15, 0.2) is 11.5 Å². The highest BCUT2D eigenvalue weighted by Crippen LogP contribution is 2.41. The van der Waals surface area contributed by atoms with Gasteiger partial charge >= 0.3 is 0 Å². The summed E-state index contributed by atoms with van der Waals surface area (Å²) in [5.41, 5.74) is 0. The molecule has 5 heteroatoms. The lowest BCUT2D eigenvalue weighted by Gasteiger charge is -2.18. The van der Waals surface area contributed by atoms with E-state index in [2.05, 4.69) is 5.32 Å². The SMILES string of the molecule is CNC1CCC(Oc2cc(OC)c(OC)c(OC)c2)C1. The second-order valence-electron chi connectivity index (χ2n) is 4.90. The van der Waals surface area contributed by atoms with Gasteiger partial charge in [-0.25, -0.2) is 0 Å². The molecule has 5 nitrogen and oxygen atoms in total. The topological polar surface area (TPSA) is 49.0 Å². The molecule has 0 aliphatic heterocycles. The van der Waals surface area contributed by atoms with Gasteiger partial charge in [-0.2, -0.15) is 0 Å². The molecule has 0 spiro atoms. The number of methoxy groups -OCH3 is 3. The third-order valence-corrected chi connectivity index (χ3v) is 3.73. The Labute approximate surface area is 120 Å². The van der Waals surface area contributed by atoms with Crippen molar-refractivity contribution in [2.24, 2.45) is 0 Å². The predicted molar refractivity (Wildman–Crippen MR) is 77.2 cm³/mol. The molecule has 2 atom stereocenters. The van der Waals surface area contributed by atoms with Gasteiger partial charge in [-0.1, -0.05) is 0 Å². The molecule has 20 heavy (non-hydrogen) atoms. The standard InChI is InChI=1S/C15H23NO4/c1-16-10-5-6-11(7-10)20-12-8-13(17-2)15(19-4)14(9-12)18-3/h8-11,16H,5-7H2,1-4H3. The van der Waals surface area contributed by atoms with Crippen LogP contribution >= 0.6 is 0 Å². The highest BCUT2D eigenvalue weighted by atomic mass is 16.5. The van der Waals surface area contributed by atoms with Gasteiger partial charge in [-0.3, -0.25) is 0 Å². The van der Waals surface area contributed by atoms with Crippen LogP contribution in [0.1, 0.15) is 19.3 Å². The molecule has 2 unspecified atom stereocenters. The zero-order valence-electron chi connectivity index (χ0n) is 12.6. The second-order valence-corrected chi connectivity index (χ2v) is 4.90. The van der Waals surface area contributed by atoms with Crippen molar-refractivity contribution in [1.82, 2.24) is 5.32 Å². The molecule has 1 aromatic carbocycles. The summed E-state index contributed by atoms with van der Waals surface area (Å²) in [6.07, 6.45) is 3.45. The van der Waals surface area contributed by atoms with Crippen LogP contribution < -0.4 is 24.3 Å². The van der Waals surface area contributed by atoms with Crippen LogP contribution in [0.25, 0.3) is 0 Å². The Kier molecular flexibility index (Phi) is 4.95. The minimum Gasteiger partial charge on any atom is -0.493 e. The number of hydrogen-bond acceptors (Lipinski definition) is 5. The second kappa shape index (κ2) is 6.70. The van der Waals surface area contributed by atoms with Crippen LogP contribution in [0.3, 0.4) is 0 Å². The Bertz CT molecular complexity index is 424. The molecule has 0 bridgehead atoms. The molecule has 112 valence electrons. The van der Waals surface area contributed by atoms with Crippen molar-refractivity contribution in [3.63, 3.8) is 0 Å². The first-order chi connectivity index (χ1) is 9.71. The third kappa shape index (κ3) is 3.10. The molecule has 0 saturated heterocycles. The van der Waals surface area contributed by atoms with E-state index < -0.39 is 0 Å². The van der Waals surface area contributed by atoms with E-state index in [1.807, 2.05) is 19.2 Å². The largest absolute Gasteiger partial charge is 0.493 e. The average Bonchev–Trinajstić information content (AvgIpc) is 2.93. The monoisotopic (exact) mass is 281 g/mol. The smallest absolute Gasteiger partial charge is 0.203 e. The van der Waals surface area contributed by atoms with Crippen LogP contribution in [0.2, 0.25) is 0 Å². The maximum Gasteiger partial charge on any atom is 0.203 e. The van der Waals surface area contributed by atoms with Crippen LogP contribution in [0.15, 0.2) is 12.1 Å². The fraction of sp³-hybridized carbons (Fsp3) is 0.600. The molecular formula is C15H23NO4. The van der Waals surface area contributed by atoms with Crippen LogP contribution in [-0.4, -0.2) is 40.5 Å². The summed E-state index contributed by atoms with van der Waals surface area (Å²) in [5, 5.41) is 3.29. The molecule has 2 rings (SSSR count). The molecule has 1 saturated carbocycles. The molecular weight excluding hydrogens is 258 g/mol. The van der Waals surface area contributed by atoms with E-state index in [0.717, 1.165) is 25.0 Å². The summed E-state index contributed by atoms with van der Waals surface area (Å²) in [6.45, 7) is 0. The number of ether oxygens (including phenoxy) is 4. The van der Waals surface area contributed by atoms with Crippen molar-refractivity contribution >= 4 is 0 Å². The first-order valence-corrected chi connectivity index (χ1v) is 6.85. The van der Waals surface area contributed by atoms with Gasteiger partial charge in [0.05, 0.1) is 21.3 Å². The lowest BCUT2D eigenvalue weighted by Crippen LogP contribution is -2.23. The number of hydrogen-bond donors (Lipinski definition) is 1. The summed E-state index contributed by atoms with van der Waals surface area (Å²) >= 11 is 0. The normalized spacial score (nSPS) is 21.6. The molecule has 0 radical (unpaired) electrons. The molecule has 0 amide bonds. The maximum absolute atomic E-state index is 6.04. The van der Waals surface area contributed by atoms with Gasteiger partial charge in [0.1, 0.15) is 11.9 Å². The predicted octanol–water partition coefficient (Wildman–Crippen LogP) is 2.23. The minimum absolute atomic E-state index is 0.232. The summed E-state index contributed by atoms with van der Waals surface area (Å²) < 4.78 is 22.0. The Morgan fingerprint density at radius 2 is 1.65 bits per heavy atom. The lowest BCUT2D eigenvalue weighted by atomic mass is 10.2. The highest BCUT2D eigenvalue weighted by molar-refractivity contribution is 5.55. The van der Waals surface area contributed by atoms with Crippen molar-refractivity contribution < 1.29 is 18.9 Å². The fourth-order valence-electron chi connectivity index (χ4n) is 2.63. The van der Waals surface area contributed by atoms with Gasteiger partial charge in [0, 0.05) is 18.2 Å². The van der Waals surface area contributed by atoms with Crippen LogP contribution in [0.4, 0.5) is 0 Å². The molecule has 1 aromatic rings. The molecule has 0 aromatic heterocycles. The number of nitrogens with one attached hydrogen (secondary N) is 1. The Balaban J connectivity index is 2.16. The summed E-state index contributed by atoms with van der Waals surface area (Å²) in [6, 6.07) is 4.23. The van der Waals surface area contributed by atoms with Crippen LogP contribution in [-0.2, 0) is 0 Å². The van der Waals surface area contributed by atoms with E-state index in [1.165, 1.54) is 0 Å². The van der Waals surface area contributed by atoms with Gasteiger partial charge in [-0.15, -0.1) is 0 Å². The fourth-order valence-corrected chi connectivity index (χ4v) is 2.63. The molecule has 1 N–H and O–H groups in total. The Morgan fingerprint density at radius 1 is 1.00 bits per heavy atom. The van der Waals surface area contributed by atoms with Crippen molar-refractivity contribution in [3.05, 3.63) is 12.1 Å². The Hall–Kier alpha value is -1.62. The van der Waals surface area contributed by atoms with Crippen molar-refractivity contribution in [2.45, 2.75) is 31.4 Å². The van der Waals surface area contributed by atoms with E-state index in [4.69, 9.17) is 18.9 Å². The van der Waals surface area contributed by atoms with Crippen molar-refractivity contribution in [2.75, 3.05) is 28.4 Å². The van der Waals surface area contributed by atoms with Crippen LogP contribution in [0, 0.1) is 0 Å². The minimum atomic E-state index is 0.232. The molecule has 1 fully saturated rings. The van der Waals surface area contributed by atoms with E-state index in [0.29, 0.717) is 23.3 Å². The summed E-state index contributed by atoms with van der Waals surface area (Å²) in [7, 11) is 6.79. The maximum atomic E-state index is 6.04. The van der Waals surface area contributed by atoms with E-state index >= 15 is 0 Å². The molecule has 1 aliphatic carbocycles. The van der Waals surface area contributed by atoms with Crippen molar-refractivity contribution in [3.8, 4) is 23.0 Å². The number of benzene rings is 1. The molecule has 1 aliphatic rings. The zero-order chi connectivity index (χ0) is 14.5. The van der Waals surface area contributed by atoms with E-state index in [1.54, 1.807) is 21.3 Å². The van der Waals surface area contributed by atoms with E-state index in [9.17, 15) is 0 Å². The average molecular weight is 281 g/mol. The number of rotatable bonds is 6.